The molecule has 2 rings (SSSR count). The first kappa shape index (κ1) is 15.6. The minimum atomic E-state index is -0.137. The van der Waals surface area contributed by atoms with E-state index in [4.69, 9.17) is 4.74 Å². The van der Waals surface area contributed by atoms with Gasteiger partial charge in [-0.05, 0) is 59.3 Å². The lowest BCUT2D eigenvalue weighted by atomic mass is 9.73. The fraction of sp³-hybridized carbons (Fsp3) is 0.588. The van der Waals surface area contributed by atoms with Crippen molar-refractivity contribution in [3.8, 4) is 5.75 Å². The molecule has 0 atom stereocenters. The summed E-state index contributed by atoms with van der Waals surface area (Å²) in [4.78, 5) is 13.0. The van der Waals surface area contributed by atoms with Gasteiger partial charge in [-0.3, -0.25) is 4.79 Å². The number of methoxy groups -OCH3 is 1. The number of rotatable bonds is 5. The van der Waals surface area contributed by atoms with Gasteiger partial charge in [-0.15, -0.1) is 0 Å². The molecule has 2 nitrogen and oxygen atoms in total. The summed E-state index contributed by atoms with van der Waals surface area (Å²) in [6.45, 7) is 4.41. The van der Waals surface area contributed by atoms with E-state index >= 15 is 0 Å². The van der Waals surface area contributed by atoms with Crippen molar-refractivity contribution in [3.63, 3.8) is 0 Å². The van der Waals surface area contributed by atoms with E-state index in [1.165, 1.54) is 12.8 Å². The summed E-state index contributed by atoms with van der Waals surface area (Å²) in [7, 11) is 1.64. The molecule has 0 N–H and O–H groups in total. The smallest absolute Gasteiger partial charge is 0.169 e. The molecule has 1 aromatic rings. The third-order valence-corrected chi connectivity index (χ3v) is 4.88. The van der Waals surface area contributed by atoms with Crippen LogP contribution in [0.4, 0.5) is 0 Å². The van der Waals surface area contributed by atoms with Gasteiger partial charge in [-0.1, -0.05) is 26.7 Å². The first-order valence-electron chi connectivity index (χ1n) is 7.37. The quantitative estimate of drug-likeness (QED) is 0.685. The van der Waals surface area contributed by atoms with Gasteiger partial charge >= 0.3 is 0 Å². The van der Waals surface area contributed by atoms with Gasteiger partial charge in [-0.25, -0.2) is 0 Å². The van der Waals surface area contributed by atoms with Crippen LogP contribution in [0.5, 0.6) is 5.75 Å². The Morgan fingerprint density at radius 3 is 2.50 bits per heavy atom. The van der Waals surface area contributed by atoms with Crippen molar-refractivity contribution in [2.45, 2.75) is 46.0 Å². The summed E-state index contributed by atoms with van der Waals surface area (Å²) in [5, 5.41) is 0. The summed E-state index contributed by atoms with van der Waals surface area (Å²) in [5.41, 5.74) is 0.669. The van der Waals surface area contributed by atoms with E-state index in [9.17, 15) is 4.79 Å². The topological polar surface area (TPSA) is 26.3 Å². The number of ketones is 1. The van der Waals surface area contributed by atoms with Crippen molar-refractivity contribution >= 4 is 21.7 Å². The second-order valence-corrected chi connectivity index (χ2v) is 7.12. The number of carbonyl (C=O) groups is 1. The monoisotopic (exact) mass is 338 g/mol. The summed E-state index contributed by atoms with van der Waals surface area (Å²) < 4.78 is 6.09. The van der Waals surface area contributed by atoms with Crippen molar-refractivity contribution in [1.82, 2.24) is 0 Å². The molecule has 0 radical (unpaired) electrons. The molecule has 0 heterocycles. The predicted molar refractivity (Wildman–Crippen MR) is 85.4 cm³/mol. The van der Waals surface area contributed by atoms with Crippen LogP contribution < -0.4 is 4.74 Å². The lowest BCUT2D eigenvalue weighted by Gasteiger charge is -2.29. The molecule has 0 amide bonds. The number of hydrogen-bond donors (Lipinski definition) is 0. The normalized spacial score (nSPS) is 17.4. The van der Waals surface area contributed by atoms with Gasteiger partial charge in [0.15, 0.2) is 5.78 Å². The van der Waals surface area contributed by atoms with Gasteiger partial charge in [0.25, 0.3) is 0 Å². The van der Waals surface area contributed by atoms with Gasteiger partial charge in [-0.2, -0.15) is 0 Å². The van der Waals surface area contributed by atoms with Gasteiger partial charge < -0.3 is 4.74 Å². The lowest BCUT2D eigenvalue weighted by Crippen LogP contribution is -2.30. The third-order valence-electron chi connectivity index (χ3n) is 4.26. The summed E-state index contributed by atoms with van der Waals surface area (Å²) in [5.74, 6) is 1.64. The molecular weight excluding hydrogens is 316 g/mol. The fourth-order valence-corrected chi connectivity index (χ4v) is 4.01. The fourth-order valence-electron chi connectivity index (χ4n) is 3.47. The highest BCUT2D eigenvalue weighted by molar-refractivity contribution is 9.10. The molecule has 1 aliphatic rings. The van der Waals surface area contributed by atoms with E-state index < -0.39 is 0 Å². The van der Waals surface area contributed by atoms with Crippen LogP contribution in [0.25, 0.3) is 0 Å². The van der Waals surface area contributed by atoms with Crippen LogP contribution in [0.1, 0.15) is 56.3 Å². The summed E-state index contributed by atoms with van der Waals surface area (Å²) in [6, 6.07) is 5.67. The highest BCUT2D eigenvalue weighted by Crippen LogP contribution is 2.46. The highest BCUT2D eigenvalue weighted by atomic mass is 79.9. The molecule has 20 heavy (non-hydrogen) atoms. The molecular formula is C17H23BrO2. The number of Topliss-reactive ketones (excluding diaryl/α,β-unsaturated/α-hetero) is 1. The zero-order valence-corrected chi connectivity index (χ0v) is 14.1. The van der Waals surface area contributed by atoms with Crippen LogP contribution in [-0.2, 0) is 0 Å². The zero-order chi connectivity index (χ0) is 14.8. The van der Waals surface area contributed by atoms with Crippen LogP contribution in [0.2, 0.25) is 0 Å². The molecule has 3 heteroatoms. The van der Waals surface area contributed by atoms with E-state index in [2.05, 4.69) is 29.8 Å². The molecule has 0 unspecified atom stereocenters. The van der Waals surface area contributed by atoms with Crippen molar-refractivity contribution in [3.05, 3.63) is 28.2 Å². The average Bonchev–Trinajstić information content (AvgIpc) is 2.86. The maximum atomic E-state index is 13.0. The van der Waals surface area contributed by atoms with Crippen LogP contribution in [0, 0.1) is 11.3 Å². The predicted octanol–water partition coefficient (Wildman–Crippen LogP) is 5.25. The second-order valence-electron chi connectivity index (χ2n) is 6.26. The Labute approximate surface area is 130 Å². The van der Waals surface area contributed by atoms with Gasteiger partial charge in [0.05, 0.1) is 11.6 Å². The molecule has 1 aliphatic carbocycles. The Kier molecular flexibility index (Phi) is 4.90. The van der Waals surface area contributed by atoms with Crippen LogP contribution >= 0.6 is 15.9 Å². The van der Waals surface area contributed by atoms with Crippen LogP contribution in [-0.4, -0.2) is 12.9 Å². The third kappa shape index (κ3) is 3.08. The largest absolute Gasteiger partial charge is 0.496 e. The molecule has 1 saturated carbocycles. The number of hydrogen-bond acceptors (Lipinski definition) is 2. The average molecular weight is 339 g/mol. The number of halogens is 1. The van der Waals surface area contributed by atoms with Crippen molar-refractivity contribution in [2.75, 3.05) is 7.11 Å². The first-order valence-corrected chi connectivity index (χ1v) is 8.16. The molecule has 1 fully saturated rings. The Bertz CT molecular complexity index is 488. The Morgan fingerprint density at radius 2 is 2.00 bits per heavy atom. The minimum Gasteiger partial charge on any atom is -0.496 e. The van der Waals surface area contributed by atoms with Gasteiger partial charge in [0.2, 0.25) is 0 Å². The van der Waals surface area contributed by atoms with E-state index in [0.717, 1.165) is 35.0 Å². The van der Waals surface area contributed by atoms with Crippen molar-refractivity contribution < 1.29 is 9.53 Å². The van der Waals surface area contributed by atoms with E-state index in [1.54, 1.807) is 7.11 Å². The molecule has 110 valence electrons. The van der Waals surface area contributed by atoms with Crippen molar-refractivity contribution in [1.29, 1.82) is 0 Å². The first-order chi connectivity index (χ1) is 9.48. The summed E-state index contributed by atoms with van der Waals surface area (Å²) in [6.07, 6.45) is 5.42. The summed E-state index contributed by atoms with van der Waals surface area (Å²) >= 11 is 3.48. The Balaban J connectivity index is 2.30. The number of ether oxygens (including phenoxy) is 1. The second kappa shape index (κ2) is 6.30. The minimum absolute atomic E-state index is 0.137. The van der Waals surface area contributed by atoms with Crippen LogP contribution in [0.15, 0.2) is 22.7 Å². The molecule has 0 saturated heterocycles. The standard InChI is InChI=1S/C17H23BrO2/c1-12(2)11-17(8-4-5-9-17)16(19)13-6-7-15(20-3)14(18)10-13/h6-7,10,12H,4-5,8-9,11H2,1-3H3. The van der Waals surface area contributed by atoms with Crippen LogP contribution in [0.3, 0.4) is 0 Å². The van der Waals surface area contributed by atoms with E-state index in [-0.39, 0.29) is 5.41 Å². The van der Waals surface area contributed by atoms with Gasteiger partial charge in [0.1, 0.15) is 5.75 Å². The highest BCUT2D eigenvalue weighted by Gasteiger charge is 2.41. The van der Waals surface area contributed by atoms with E-state index in [1.807, 2.05) is 18.2 Å². The molecule has 0 aliphatic heterocycles. The maximum absolute atomic E-state index is 13.0. The zero-order valence-electron chi connectivity index (χ0n) is 12.5. The maximum Gasteiger partial charge on any atom is 0.169 e. The molecule has 1 aromatic carbocycles. The van der Waals surface area contributed by atoms with Crippen molar-refractivity contribution in [2.24, 2.45) is 11.3 Å². The Morgan fingerprint density at radius 1 is 1.35 bits per heavy atom. The Hall–Kier alpha value is -0.830. The number of carbonyl (C=O) groups excluding carboxylic acids is 1. The molecule has 0 bridgehead atoms. The lowest BCUT2D eigenvalue weighted by molar-refractivity contribution is 0.0760. The SMILES string of the molecule is COc1ccc(C(=O)C2(CC(C)C)CCCC2)cc1Br. The molecule has 0 spiro atoms. The van der Waals surface area contributed by atoms with E-state index in [0.29, 0.717) is 11.7 Å². The number of benzene rings is 1. The van der Waals surface area contributed by atoms with Gasteiger partial charge in [0, 0.05) is 11.0 Å². The molecule has 0 aromatic heterocycles.